The monoisotopic (exact) mass is 547 g/mol. The number of carbonyl (C=O) groups excluding carboxylic acids is 1. The van der Waals surface area contributed by atoms with Gasteiger partial charge in [0.25, 0.3) is 5.91 Å². The van der Waals surface area contributed by atoms with E-state index in [0.29, 0.717) is 24.6 Å². The van der Waals surface area contributed by atoms with Crippen LogP contribution in [0.25, 0.3) is 11.0 Å². The summed E-state index contributed by atoms with van der Waals surface area (Å²) < 4.78 is 9.27. The molecule has 0 radical (unpaired) electrons. The lowest BCUT2D eigenvalue weighted by Crippen LogP contribution is -2.25. The van der Waals surface area contributed by atoms with Crippen LogP contribution in [-0.2, 0) is 13.0 Å². The van der Waals surface area contributed by atoms with Crippen LogP contribution in [-0.4, -0.2) is 28.6 Å². The molecular weight excluding hydrogens is 514 g/mol. The Morgan fingerprint density at radius 1 is 1.03 bits per heavy atom. The number of benzene rings is 3. The van der Waals surface area contributed by atoms with E-state index in [0.717, 1.165) is 59.3 Å². The van der Waals surface area contributed by atoms with Gasteiger partial charge in [0.1, 0.15) is 11.6 Å². The lowest BCUT2D eigenvalue weighted by molar-refractivity contribution is 0.0953. The average Bonchev–Trinajstić information content (AvgIpc) is 3.26. The van der Waals surface area contributed by atoms with Gasteiger partial charge in [-0.25, -0.2) is 4.98 Å². The number of nitrogens with zero attached hydrogens (tertiary/aromatic N) is 2. The van der Waals surface area contributed by atoms with Crippen LogP contribution in [0.3, 0.4) is 0 Å². The second-order valence-electron chi connectivity index (χ2n) is 9.12. The third-order valence-electron chi connectivity index (χ3n) is 6.56. The van der Waals surface area contributed by atoms with E-state index in [1.807, 2.05) is 30.3 Å². The maximum atomic E-state index is 12.4. The van der Waals surface area contributed by atoms with Gasteiger partial charge in [0.05, 0.1) is 17.6 Å². The molecule has 36 heavy (non-hydrogen) atoms. The van der Waals surface area contributed by atoms with Crippen LogP contribution >= 0.6 is 15.9 Å². The molecule has 0 spiro atoms. The first-order valence-electron chi connectivity index (χ1n) is 12.8. The summed E-state index contributed by atoms with van der Waals surface area (Å²) in [5.41, 5.74) is 4.17. The maximum absolute atomic E-state index is 12.4. The van der Waals surface area contributed by atoms with Crippen LogP contribution in [0.15, 0.2) is 77.3 Å². The maximum Gasteiger partial charge on any atom is 0.251 e. The van der Waals surface area contributed by atoms with E-state index in [2.05, 4.69) is 82.1 Å². The van der Waals surface area contributed by atoms with E-state index in [1.54, 1.807) is 0 Å². The quantitative estimate of drug-likeness (QED) is 0.192. The number of imidazole rings is 1. The van der Waals surface area contributed by atoms with Crippen molar-refractivity contribution >= 4 is 32.9 Å². The van der Waals surface area contributed by atoms with Crippen molar-refractivity contribution in [3.63, 3.8) is 0 Å². The Morgan fingerprint density at radius 3 is 2.53 bits per heavy atom. The van der Waals surface area contributed by atoms with E-state index in [-0.39, 0.29) is 5.91 Å². The Labute approximate surface area is 222 Å². The van der Waals surface area contributed by atoms with Crippen LogP contribution in [0, 0.1) is 0 Å². The smallest absolute Gasteiger partial charge is 0.251 e. The summed E-state index contributed by atoms with van der Waals surface area (Å²) in [5.74, 6) is 2.48. The molecule has 0 saturated heterocycles. The van der Waals surface area contributed by atoms with Crippen molar-refractivity contribution in [1.29, 1.82) is 0 Å². The molecule has 0 bridgehead atoms. The summed E-state index contributed by atoms with van der Waals surface area (Å²) in [6.07, 6.45) is 3.65. The van der Waals surface area contributed by atoms with Crippen molar-refractivity contribution in [1.82, 2.24) is 14.9 Å². The van der Waals surface area contributed by atoms with Gasteiger partial charge in [-0.05, 0) is 79.3 Å². The molecule has 3 aromatic carbocycles. The minimum Gasteiger partial charge on any atom is -0.494 e. The summed E-state index contributed by atoms with van der Waals surface area (Å²) in [5, 5.41) is 3.02. The molecule has 5 nitrogen and oxygen atoms in total. The van der Waals surface area contributed by atoms with Crippen LogP contribution in [0.1, 0.15) is 60.8 Å². The molecule has 0 saturated carbocycles. The predicted molar refractivity (Wildman–Crippen MR) is 150 cm³/mol. The van der Waals surface area contributed by atoms with Gasteiger partial charge in [0.15, 0.2) is 0 Å². The van der Waals surface area contributed by atoms with Gasteiger partial charge in [-0.2, -0.15) is 0 Å². The number of fused-ring (bicyclic) bond motifs is 1. The van der Waals surface area contributed by atoms with Crippen molar-refractivity contribution in [3.05, 3.63) is 94.2 Å². The Hall–Kier alpha value is -3.12. The average molecular weight is 549 g/mol. The molecule has 0 fully saturated rings. The highest BCUT2D eigenvalue weighted by molar-refractivity contribution is 9.10. The first kappa shape index (κ1) is 26.0. The molecule has 1 N–H and O–H groups in total. The van der Waals surface area contributed by atoms with Crippen LogP contribution in [0.5, 0.6) is 5.75 Å². The van der Waals surface area contributed by atoms with Crippen molar-refractivity contribution in [3.8, 4) is 5.75 Å². The number of hydrogen-bond acceptors (Lipinski definition) is 3. The van der Waals surface area contributed by atoms with Gasteiger partial charge in [-0.15, -0.1) is 0 Å². The highest BCUT2D eigenvalue weighted by Crippen LogP contribution is 2.22. The second-order valence-corrected chi connectivity index (χ2v) is 10.0. The van der Waals surface area contributed by atoms with Gasteiger partial charge in [-0.1, -0.05) is 54.0 Å². The number of aromatic nitrogens is 2. The summed E-state index contributed by atoms with van der Waals surface area (Å²) in [6, 6.07) is 24.1. The topological polar surface area (TPSA) is 56.1 Å². The molecule has 4 aromatic rings. The zero-order chi connectivity index (χ0) is 25.3. The Kier molecular flexibility index (Phi) is 9.17. The standard InChI is InChI=1S/C30H34BrN3O2/c1-3-22(2)23-13-17-26(18-14-23)36-21-7-20-34-28-9-5-4-8-27(28)33-29(34)10-6-19-32-30(35)24-11-15-25(31)16-12-24/h4-5,8-9,11-18,22H,3,6-7,10,19-21H2,1-2H3,(H,32,35). The van der Waals surface area contributed by atoms with Gasteiger partial charge in [0.2, 0.25) is 0 Å². The molecule has 1 unspecified atom stereocenters. The third-order valence-corrected chi connectivity index (χ3v) is 7.09. The van der Waals surface area contributed by atoms with Crippen LogP contribution < -0.4 is 10.1 Å². The summed E-state index contributed by atoms with van der Waals surface area (Å²) in [6.45, 7) is 6.56. The largest absolute Gasteiger partial charge is 0.494 e. The zero-order valence-corrected chi connectivity index (χ0v) is 22.6. The van der Waals surface area contributed by atoms with Gasteiger partial charge in [-0.3, -0.25) is 4.79 Å². The lowest BCUT2D eigenvalue weighted by atomic mass is 9.99. The molecule has 0 aliphatic rings. The van der Waals surface area contributed by atoms with E-state index in [4.69, 9.17) is 9.72 Å². The second kappa shape index (κ2) is 12.7. The molecular formula is C30H34BrN3O2. The number of rotatable bonds is 12. The van der Waals surface area contributed by atoms with Crippen molar-refractivity contribution in [2.24, 2.45) is 0 Å². The van der Waals surface area contributed by atoms with E-state index >= 15 is 0 Å². The Morgan fingerprint density at radius 2 is 1.78 bits per heavy atom. The number of hydrogen-bond donors (Lipinski definition) is 1. The first-order chi connectivity index (χ1) is 17.5. The fourth-order valence-electron chi connectivity index (χ4n) is 4.26. The fraction of sp³-hybridized carbons (Fsp3) is 0.333. The SMILES string of the molecule is CCC(C)c1ccc(OCCCn2c(CCCNC(=O)c3ccc(Br)cc3)nc3ccccc32)cc1. The summed E-state index contributed by atoms with van der Waals surface area (Å²) in [4.78, 5) is 17.2. The Bertz CT molecular complexity index is 1270. The van der Waals surface area contributed by atoms with Gasteiger partial charge in [0, 0.05) is 29.5 Å². The molecule has 0 aliphatic heterocycles. The highest BCUT2D eigenvalue weighted by Gasteiger charge is 2.11. The number of amides is 1. The molecule has 1 heterocycles. The number of aryl methyl sites for hydroxylation is 2. The Balaban J connectivity index is 1.30. The minimum atomic E-state index is -0.0506. The fourth-order valence-corrected chi connectivity index (χ4v) is 4.52. The van der Waals surface area contributed by atoms with E-state index < -0.39 is 0 Å². The normalized spacial score (nSPS) is 12.0. The molecule has 1 amide bonds. The minimum absolute atomic E-state index is 0.0506. The predicted octanol–water partition coefficient (Wildman–Crippen LogP) is 7.14. The molecule has 1 aromatic heterocycles. The van der Waals surface area contributed by atoms with Crippen LogP contribution in [0.2, 0.25) is 0 Å². The molecule has 0 aliphatic carbocycles. The van der Waals surface area contributed by atoms with Crippen molar-refractivity contribution in [2.75, 3.05) is 13.2 Å². The molecule has 188 valence electrons. The number of para-hydroxylation sites is 2. The molecule has 4 rings (SSSR count). The number of carbonyl (C=O) groups is 1. The summed E-state index contributed by atoms with van der Waals surface area (Å²) in [7, 11) is 0. The number of nitrogens with one attached hydrogen (secondary N) is 1. The highest BCUT2D eigenvalue weighted by atomic mass is 79.9. The van der Waals surface area contributed by atoms with Crippen LogP contribution in [0.4, 0.5) is 0 Å². The van der Waals surface area contributed by atoms with E-state index in [9.17, 15) is 4.79 Å². The number of ether oxygens (including phenoxy) is 1. The first-order valence-corrected chi connectivity index (χ1v) is 13.5. The van der Waals surface area contributed by atoms with Gasteiger partial charge >= 0.3 is 0 Å². The third kappa shape index (κ3) is 6.76. The lowest BCUT2D eigenvalue weighted by Gasteiger charge is -2.12. The van der Waals surface area contributed by atoms with Crippen molar-refractivity contribution in [2.45, 2.75) is 52.0 Å². The van der Waals surface area contributed by atoms with Gasteiger partial charge < -0.3 is 14.6 Å². The van der Waals surface area contributed by atoms with E-state index in [1.165, 1.54) is 5.56 Å². The van der Waals surface area contributed by atoms with Crippen molar-refractivity contribution < 1.29 is 9.53 Å². The number of halogens is 1. The summed E-state index contributed by atoms with van der Waals surface area (Å²) >= 11 is 3.40. The molecule has 6 heteroatoms. The molecule has 1 atom stereocenters. The zero-order valence-electron chi connectivity index (χ0n) is 21.0.